The van der Waals surface area contributed by atoms with E-state index in [9.17, 15) is 26.3 Å². The van der Waals surface area contributed by atoms with Crippen LogP contribution >= 0.6 is 43.6 Å². The highest BCUT2D eigenvalue weighted by Crippen LogP contribution is 2.38. The van der Waals surface area contributed by atoms with Crippen LogP contribution < -0.4 is 0 Å². The van der Waals surface area contributed by atoms with E-state index >= 15 is 0 Å². The fourth-order valence-electron chi connectivity index (χ4n) is 2.15. The van der Waals surface area contributed by atoms with Crippen molar-refractivity contribution in [1.82, 2.24) is 0 Å². The fraction of sp³-hybridized carbons (Fsp3) is 0.250. The Bertz CT molecular complexity index is 692. The molecule has 0 spiro atoms. The number of thioether (sulfide) groups is 1. The van der Waals surface area contributed by atoms with Gasteiger partial charge in [-0.2, -0.15) is 38.1 Å². The number of benzene rings is 2. The van der Waals surface area contributed by atoms with Gasteiger partial charge < -0.3 is 0 Å². The minimum Gasteiger partial charge on any atom is -0.166 e. The Labute approximate surface area is 161 Å². The zero-order valence-corrected chi connectivity index (χ0v) is 16.3. The zero-order valence-electron chi connectivity index (χ0n) is 12.3. The minimum absolute atomic E-state index is 0.0337. The molecule has 0 saturated heterocycles. The van der Waals surface area contributed by atoms with Gasteiger partial charge in [0.05, 0.1) is 11.1 Å². The molecule has 0 aromatic heterocycles. The molecule has 2 rings (SSSR count). The summed E-state index contributed by atoms with van der Waals surface area (Å²) in [4.78, 5) is 0. The Hall–Kier alpha value is -0.670. The molecule has 0 aliphatic rings. The standard InChI is InChI=1S/C16H10Br2F6S/c17-11-3-1-9(13(5-11)15(19,20)21)7-25-8-10-2-4-12(18)6-14(10)16(22,23)24/h1-6H,7-8H2. The number of rotatable bonds is 4. The van der Waals surface area contributed by atoms with Gasteiger partial charge in [-0.25, -0.2) is 0 Å². The SMILES string of the molecule is FC(F)(F)c1cc(Br)ccc1CSCc1ccc(Br)cc1C(F)(F)F. The molecule has 0 amide bonds. The van der Waals surface area contributed by atoms with Crippen LogP contribution in [0.1, 0.15) is 22.3 Å². The third kappa shape index (κ3) is 5.65. The number of hydrogen-bond donors (Lipinski definition) is 0. The summed E-state index contributed by atoms with van der Waals surface area (Å²) in [6.45, 7) is 0. The fourth-order valence-corrected chi connectivity index (χ4v) is 3.92. The van der Waals surface area contributed by atoms with Crippen LogP contribution in [0.15, 0.2) is 45.3 Å². The van der Waals surface area contributed by atoms with Crippen LogP contribution in [0.25, 0.3) is 0 Å². The lowest BCUT2D eigenvalue weighted by atomic mass is 10.1. The van der Waals surface area contributed by atoms with Gasteiger partial charge >= 0.3 is 12.4 Å². The smallest absolute Gasteiger partial charge is 0.166 e. The van der Waals surface area contributed by atoms with Crippen molar-refractivity contribution in [2.24, 2.45) is 0 Å². The molecule has 0 heterocycles. The summed E-state index contributed by atoms with van der Waals surface area (Å²) in [5.74, 6) is -0.0923. The molecular weight excluding hydrogens is 498 g/mol. The monoisotopic (exact) mass is 506 g/mol. The lowest BCUT2D eigenvalue weighted by Gasteiger charge is -2.15. The van der Waals surface area contributed by atoms with Gasteiger partial charge in [0.15, 0.2) is 0 Å². The van der Waals surface area contributed by atoms with Gasteiger partial charge in [-0.05, 0) is 35.4 Å². The summed E-state index contributed by atoms with van der Waals surface area (Å²) in [6.07, 6.45) is -9.04. The Kier molecular flexibility index (Phi) is 6.54. The van der Waals surface area contributed by atoms with E-state index in [1.54, 1.807) is 0 Å². The van der Waals surface area contributed by atoms with Crippen molar-refractivity contribution in [3.8, 4) is 0 Å². The highest BCUT2D eigenvalue weighted by atomic mass is 79.9. The molecule has 2 aromatic rings. The van der Waals surface area contributed by atoms with Crippen molar-refractivity contribution in [2.45, 2.75) is 23.9 Å². The maximum absolute atomic E-state index is 13.1. The van der Waals surface area contributed by atoms with E-state index in [0.717, 1.165) is 23.9 Å². The molecule has 25 heavy (non-hydrogen) atoms. The van der Waals surface area contributed by atoms with Gasteiger partial charge in [0.25, 0.3) is 0 Å². The first kappa shape index (κ1) is 20.6. The van der Waals surface area contributed by atoms with Crippen LogP contribution in [0.5, 0.6) is 0 Å². The second-order valence-corrected chi connectivity index (χ2v) is 7.91. The third-order valence-corrected chi connectivity index (χ3v) is 5.29. The van der Waals surface area contributed by atoms with Crippen molar-refractivity contribution in [1.29, 1.82) is 0 Å². The van der Waals surface area contributed by atoms with Crippen molar-refractivity contribution in [3.63, 3.8) is 0 Å². The predicted octanol–water partition coefficient (Wildman–Crippen LogP) is 7.68. The van der Waals surface area contributed by atoms with Gasteiger partial charge in [0, 0.05) is 20.5 Å². The molecule has 0 radical (unpaired) electrons. The average Bonchev–Trinajstić information content (AvgIpc) is 2.48. The molecule has 0 aliphatic heterocycles. The number of hydrogen-bond acceptors (Lipinski definition) is 1. The third-order valence-electron chi connectivity index (χ3n) is 3.27. The van der Waals surface area contributed by atoms with Crippen molar-refractivity contribution < 1.29 is 26.3 Å². The van der Waals surface area contributed by atoms with Crippen LogP contribution in [0.4, 0.5) is 26.3 Å². The van der Waals surface area contributed by atoms with Crippen LogP contribution in [0.2, 0.25) is 0 Å². The topological polar surface area (TPSA) is 0 Å². The van der Waals surface area contributed by atoms with Gasteiger partial charge in [0.2, 0.25) is 0 Å². The van der Waals surface area contributed by atoms with Crippen LogP contribution in [-0.4, -0.2) is 0 Å². The molecule has 0 aliphatic carbocycles. The molecule has 0 nitrogen and oxygen atoms in total. The van der Waals surface area contributed by atoms with Crippen LogP contribution in [-0.2, 0) is 23.9 Å². The Balaban J connectivity index is 2.18. The van der Waals surface area contributed by atoms with Crippen LogP contribution in [0.3, 0.4) is 0 Å². The van der Waals surface area contributed by atoms with Crippen molar-refractivity contribution in [2.75, 3.05) is 0 Å². The predicted molar refractivity (Wildman–Crippen MR) is 93.3 cm³/mol. The normalized spacial score (nSPS) is 12.5. The maximum atomic E-state index is 13.1. The van der Waals surface area contributed by atoms with E-state index in [2.05, 4.69) is 31.9 Å². The molecule has 2 aromatic carbocycles. The minimum atomic E-state index is -4.52. The molecule has 136 valence electrons. The molecule has 9 heteroatoms. The molecular formula is C16H10Br2F6S. The highest BCUT2D eigenvalue weighted by molar-refractivity contribution is 9.10. The Morgan fingerprint density at radius 2 is 1.04 bits per heavy atom. The number of alkyl halides is 6. The highest BCUT2D eigenvalue weighted by Gasteiger charge is 2.34. The first-order valence-corrected chi connectivity index (χ1v) is 9.51. The molecule has 0 saturated carbocycles. The molecule has 0 bridgehead atoms. The molecule has 0 atom stereocenters. The Morgan fingerprint density at radius 3 is 1.36 bits per heavy atom. The first-order chi connectivity index (χ1) is 11.5. The van der Waals surface area contributed by atoms with Crippen molar-refractivity contribution >= 4 is 43.6 Å². The second-order valence-electron chi connectivity index (χ2n) is 5.09. The summed E-state index contributed by atoms with van der Waals surface area (Å²) < 4.78 is 78.9. The first-order valence-electron chi connectivity index (χ1n) is 6.77. The van der Waals surface area contributed by atoms with E-state index in [1.807, 2.05) is 0 Å². The summed E-state index contributed by atoms with van der Waals surface area (Å²) in [6, 6.07) is 7.55. The van der Waals surface area contributed by atoms with Gasteiger partial charge in [-0.3, -0.25) is 0 Å². The summed E-state index contributed by atoms with van der Waals surface area (Å²) >= 11 is 6.99. The van der Waals surface area contributed by atoms with Crippen LogP contribution in [0, 0.1) is 0 Å². The van der Waals surface area contributed by atoms with Gasteiger partial charge in [-0.15, -0.1) is 0 Å². The average molecular weight is 508 g/mol. The van der Waals surface area contributed by atoms with E-state index < -0.39 is 23.5 Å². The maximum Gasteiger partial charge on any atom is 0.416 e. The Morgan fingerprint density at radius 1 is 0.680 bits per heavy atom. The lowest BCUT2D eigenvalue weighted by molar-refractivity contribution is -0.138. The van der Waals surface area contributed by atoms with E-state index in [-0.39, 0.29) is 22.6 Å². The van der Waals surface area contributed by atoms with Gasteiger partial charge in [0.1, 0.15) is 0 Å². The number of halogens is 8. The molecule has 0 N–H and O–H groups in total. The quantitative estimate of drug-likeness (QED) is 0.382. The zero-order chi connectivity index (χ0) is 18.8. The lowest BCUT2D eigenvalue weighted by Crippen LogP contribution is -2.10. The van der Waals surface area contributed by atoms with E-state index in [4.69, 9.17) is 0 Å². The van der Waals surface area contributed by atoms with E-state index in [0.29, 0.717) is 8.95 Å². The van der Waals surface area contributed by atoms with E-state index in [1.165, 1.54) is 24.3 Å². The van der Waals surface area contributed by atoms with Crippen molar-refractivity contribution in [3.05, 3.63) is 67.6 Å². The molecule has 0 unspecified atom stereocenters. The summed E-state index contributed by atoms with van der Waals surface area (Å²) in [7, 11) is 0. The summed E-state index contributed by atoms with van der Waals surface area (Å²) in [5, 5.41) is 0. The largest absolute Gasteiger partial charge is 0.416 e. The second kappa shape index (κ2) is 7.92. The van der Waals surface area contributed by atoms with Gasteiger partial charge in [-0.1, -0.05) is 44.0 Å². The molecule has 0 fully saturated rings. The summed E-state index contributed by atoms with van der Waals surface area (Å²) in [5.41, 5.74) is -1.51.